The Labute approximate surface area is 94.9 Å². The van der Waals surface area contributed by atoms with Gasteiger partial charge in [0.25, 0.3) is 0 Å². The average Bonchev–Trinajstić information content (AvgIpc) is 2.69. The number of benzene rings is 1. The Morgan fingerprint density at radius 2 is 1.62 bits per heavy atom. The van der Waals surface area contributed by atoms with Crippen molar-refractivity contribution in [3.63, 3.8) is 0 Å². The first-order valence-electron chi connectivity index (χ1n) is 5.90. The first-order chi connectivity index (χ1) is 7.86. The number of ether oxygens (including phenoxy) is 1. The Morgan fingerprint density at radius 1 is 0.938 bits per heavy atom. The normalized spacial score (nSPS) is 19.6. The van der Waals surface area contributed by atoms with Gasteiger partial charge in [0.1, 0.15) is 5.76 Å². The van der Waals surface area contributed by atoms with Gasteiger partial charge in [0.15, 0.2) is 0 Å². The third-order valence-corrected chi connectivity index (χ3v) is 3.36. The summed E-state index contributed by atoms with van der Waals surface area (Å²) in [4.78, 5) is 11.7. The van der Waals surface area contributed by atoms with E-state index in [1.54, 1.807) is 0 Å². The van der Waals surface area contributed by atoms with Crippen molar-refractivity contribution in [3.8, 4) is 0 Å². The van der Waals surface area contributed by atoms with Crippen LogP contribution in [0.5, 0.6) is 0 Å². The van der Waals surface area contributed by atoms with Crippen LogP contribution < -0.4 is 0 Å². The monoisotopic (exact) mass is 214 g/mol. The Morgan fingerprint density at radius 3 is 2.38 bits per heavy atom. The van der Waals surface area contributed by atoms with Crippen molar-refractivity contribution < 1.29 is 9.53 Å². The summed E-state index contributed by atoms with van der Waals surface area (Å²) in [5.41, 5.74) is 3.03. The third kappa shape index (κ3) is 1.45. The highest BCUT2D eigenvalue weighted by molar-refractivity contribution is 6.03. The summed E-state index contributed by atoms with van der Waals surface area (Å²) in [6.07, 6.45) is 5.90. The Balaban J connectivity index is 2.08. The van der Waals surface area contributed by atoms with E-state index in [0.717, 1.165) is 29.7 Å². The number of allylic oxidation sites excluding steroid dienone is 1. The summed E-state index contributed by atoms with van der Waals surface area (Å²) in [5.74, 6) is 0.656. The fourth-order valence-electron chi connectivity index (χ4n) is 2.53. The smallest absolute Gasteiger partial charge is 0.344 e. The van der Waals surface area contributed by atoms with Crippen molar-refractivity contribution in [2.75, 3.05) is 0 Å². The minimum absolute atomic E-state index is 0.191. The van der Waals surface area contributed by atoms with E-state index < -0.39 is 0 Å². The van der Waals surface area contributed by atoms with Crippen LogP contribution in [0.1, 0.15) is 48.0 Å². The van der Waals surface area contributed by atoms with Gasteiger partial charge in [0.2, 0.25) is 0 Å². The molecule has 0 amide bonds. The summed E-state index contributed by atoms with van der Waals surface area (Å²) in [7, 11) is 0. The molecule has 0 N–H and O–H groups in total. The molecule has 1 heterocycles. The summed E-state index contributed by atoms with van der Waals surface area (Å²) in [5, 5.41) is 0. The molecule has 3 rings (SSSR count). The van der Waals surface area contributed by atoms with Crippen molar-refractivity contribution in [1.82, 2.24) is 0 Å². The molecule has 0 radical (unpaired) electrons. The lowest BCUT2D eigenvalue weighted by Gasteiger charge is -2.15. The molecule has 16 heavy (non-hydrogen) atoms. The zero-order valence-electron chi connectivity index (χ0n) is 9.16. The van der Waals surface area contributed by atoms with Crippen LogP contribution in [0, 0.1) is 0 Å². The zero-order valence-corrected chi connectivity index (χ0v) is 9.16. The van der Waals surface area contributed by atoms with Gasteiger partial charge in [-0.15, -0.1) is 0 Å². The van der Waals surface area contributed by atoms with Gasteiger partial charge in [-0.25, -0.2) is 4.79 Å². The topological polar surface area (TPSA) is 26.3 Å². The number of cyclic esters (lactones) is 1. The number of fused-ring (bicyclic) bond motifs is 1. The lowest BCUT2D eigenvalue weighted by atomic mass is 9.92. The molecule has 2 heteroatoms. The van der Waals surface area contributed by atoms with Crippen LogP contribution in [-0.2, 0) is 4.74 Å². The van der Waals surface area contributed by atoms with E-state index in [0.29, 0.717) is 0 Å². The van der Waals surface area contributed by atoms with Crippen LogP contribution in [0.3, 0.4) is 0 Å². The van der Waals surface area contributed by atoms with Crippen molar-refractivity contribution in [2.24, 2.45) is 0 Å². The predicted molar refractivity (Wildman–Crippen MR) is 61.9 cm³/mol. The minimum atomic E-state index is -0.191. The number of hydrogen-bond acceptors (Lipinski definition) is 2. The first kappa shape index (κ1) is 9.64. The van der Waals surface area contributed by atoms with Gasteiger partial charge in [0.05, 0.1) is 5.56 Å². The minimum Gasteiger partial charge on any atom is -0.422 e. The Bertz CT molecular complexity index is 463. The van der Waals surface area contributed by atoms with Gasteiger partial charge in [-0.1, -0.05) is 24.6 Å². The molecular weight excluding hydrogens is 200 g/mol. The molecular formula is C14H14O2. The van der Waals surface area contributed by atoms with Crippen molar-refractivity contribution >= 4 is 11.7 Å². The molecule has 2 nitrogen and oxygen atoms in total. The molecule has 1 aliphatic heterocycles. The number of carbonyl (C=O) groups excluding carboxylic acids is 1. The zero-order chi connectivity index (χ0) is 11.0. The van der Waals surface area contributed by atoms with Gasteiger partial charge >= 0.3 is 5.97 Å². The van der Waals surface area contributed by atoms with Crippen LogP contribution in [0.25, 0.3) is 5.76 Å². The van der Waals surface area contributed by atoms with Gasteiger partial charge in [-0.3, -0.25) is 0 Å². The predicted octanol–water partition coefficient (Wildman–Crippen LogP) is 3.53. The number of carbonyl (C=O) groups is 1. The van der Waals surface area contributed by atoms with Crippen LogP contribution >= 0.6 is 0 Å². The second-order valence-electron chi connectivity index (χ2n) is 4.43. The number of hydrogen-bond donors (Lipinski definition) is 0. The highest BCUT2D eigenvalue weighted by Gasteiger charge is 2.28. The van der Waals surface area contributed by atoms with Crippen molar-refractivity contribution in [2.45, 2.75) is 32.1 Å². The Hall–Kier alpha value is -1.57. The van der Waals surface area contributed by atoms with E-state index in [1.165, 1.54) is 24.8 Å². The molecule has 0 saturated heterocycles. The second kappa shape index (κ2) is 3.78. The van der Waals surface area contributed by atoms with Crippen molar-refractivity contribution in [3.05, 3.63) is 41.0 Å². The van der Waals surface area contributed by atoms with E-state index in [2.05, 4.69) is 0 Å². The highest BCUT2D eigenvalue weighted by atomic mass is 16.5. The molecule has 1 aromatic rings. The molecule has 82 valence electrons. The van der Waals surface area contributed by atoms with Crippen LogP contribution in [0.4, 0.5) is 0 Å². The molecule has 0 spiro atoms. The largest absolute Gasteiger partial charge is 0.422 e. The van der Waals surface area contributed by atoms with Crippen LogP contribution in [0.15, 0.2) is 29.8 Å². The van der Waals surface area contributed by atoms with E-state index in [4.69, 9.17) is 4.74 Å². The number of rotatable bonds is 0. The maximum absolute atomic E-state index is 11.7. The SMILES string of the molecule is O=C1OC(=C2CCCCC2)c2ccccc21. The average molecular weight is 214 g/mol. The van der Waals surface area contributed by atoms with E-state index >= 15 is 0 Å². The summed E-state index contributed by atoms with van der Waals surface area (Å²) in [6, 6.07) is 7.67. The molecule has 2 aliphatic rings. The van der Waals surface area contributed by atoms with E-state index in [9.17, 15) is 4.79 Å². The maximum atomic E-state index is 11.7. The van der Waals surface area contributed by atoms with Gasteiger partial charge < -0.3 is 4.74 Å². The quantitative estimate of drug-likeness (QED) is 0.617. The summed E-state index contributed by atoms with van der Waals surface area (Å²) >= 11 is 0. The second-order valence-corrected chi connectivity index (χ2v) is 4.43. The fourth-order valence-corrected chi connectivity index (χ4v) is 2.53. The van der Waals surface area contributed by atoms with Gasteiger partial charge in [-0.2, -0.15) is 0 Å². The highest BCUT2D eigenvalue weighted by Crippen LogP contribution is 2.37. The van der Waals surface area contributed by atoms with Gasteiger partial charge in [0, 0.05) is 5.56 Å². The summed E-state index contributed by atoms with van der Waals surface area (Å²) in [6.45, 7) is 0. The van der Waals surface area contributed by atoms with Crippen molar-refractivity contribution in [1.29, 1.82) is 0 Å². The summed E-state index contributed by atoms with van der Waals surface area (Å²) < 4.78 is 5.41. The lowest BCUT2D eigenvalue weighted by molar-refractivity contribution is 0.0713. The van der Waals surface area contributed by atoms with Gasteiger partial charge in [-0.05, 0) is 37.3 Å². The molecule has 1 saturated carbocycles. The Kier molecular flexibility index (Phi) is 2.28. The fraction of sp³-hybridized carbons (Fsp3) is 0.357. The van der Waals surface area contributed by atoms with E-state index in [-0.39, 0.29) is 5.97 Å². The third-order valence-electron chi connectivity index (χ3n) is 3.36. The van der Waals surface area contributed by atoms with Crippen LogP contribution in [-0.4, -0.2) is 5.97 Å². The lowest BCUT2D eigenvalue weighted by Crippen LogP contribution is -1.98. The van der Waals surface area contributed by atoms with Crippen LogP contribution in [0.2, 0.25) is 0 Å². The number of esters is 1. The standard InChI is InChI=1S/C14H14O2/c15-14-12-9-5-4-8-11(12)13(16-14)10-6-2-1-3-7-10/h4-5,8-9H,1-3,6-7H2. The maximum Gasteiger partial charge on any atom is 0.344 e. The molecule has 1 aromatic carbocycles. The first-order valence-corrected chi connectivity index (χ1v) is 5.90. The molecule has 0 bridgehead atoms. The molecule has 0 aromatic heterocycles. The molecule has 0 atom stereocenters. The molecule has 1 aliphatic carbocycles. The molecule has 1 fully saturated rings. The molecule has 0 unspecified atom stereocenters. The van der Waals surface area contributed by atoms with E-state index in [1.807, 2.05) is 24.3 Å².